The van der Waals surface area contributed by atoms with Crippen molar-refractivity contribution in [1.82, 2.24) is 14.7 Å². The zero-order valence-electron chi connectivity index (χ0n) is 15.9. The summed E-state index contributed by atoms with van der Waals surface area (Å²) in [5, 5.41) is 4.72. The van der Waals surface area contributed by atoms with E-state index < -0.39 is 0 Å². The molecule has 0 fully saturated rings. The van der Waals surface area contributed by atoms with E-state index in [9.17, 15) is 4.79 Å². The van der Waals surface area contributed by atoms with Crippen LogP contribution in [-0.4, -0.2) is 27.1 Å². The first kappa shape index (κ1) is 17.5. The molecule has 1 aliphatic heterocycles. The van der Waals surface area contributed by atoms with Gasteiger partial charge in [0.1, 0.15) is 0 Å². The van der Waals surface area contributed by atoms with Gasteiger partial charge in [-0.1, -0.05) is 56.3 Å². The van der Waals surface area contributed by atoms with Crippen LogP contribution in [0.5, 0.6) is 0 Å². The SMILES string of the molecule is CC(C)c1ccc(C(=O)N2CCn3nc(Cc4ccccc4)cc3C2)cc1. The van der Waals surface area contributed by atoms with Crippen molar-refractivity contribution < 1.29 is 4.79 Å². The van der Waals surface area contributed by atoms with Crippen molar-refractivity contribution in [3.05, 3.63) is 88.7 Å². The van der Waals surface area contributed by atoms with Crippen LogP contribution in [0.2, 0.25) is 0 Å². The topological polar surface area (TPSA) is 38.1 Å². The molecule has 0 atom stereocenters. The third kappa shape index (κ3) is 3.80. The number of carbonyl (C=O) groups is 1. The lowest BCUT2D eigenvalue weighted by Gasteiger charge is -2.27. The van der Waals surface area contributed by atoms with Crippen LogP contribution in [0.25, 0.3) is 0 Å². The van der Waals surface area contributed by atoms with E-state index >= 15 is 0 Å². The first-order valence-corrected chi connectivity index (χ1v) is 9.59. The van der Waals surface area contributed by atoms with E-state index in [4.69, 9.17) is 5.10 Å². The van der Waals surface area contributed by atoms with Crippen molar-refractivity contribution in [3.63, 3.8) is 0 Å². The maximum Gasteiger partial charge on any atom is 0.254 e. The standard InChI is InChI=1S/C23H25N3O/c1-17(2)19-8-10-20(11-9-19)23(27)25-12-13-26-22(16-25)15-21(24-26)14-18-6-4-3-5-7-18/h3-11,15,17H,12-14,16H2,1-2H3. The van der Waals surface area contributed by atoms with Gasteiger partial charge in [0.25, 0.3) is 5.91 Å². The fourth-order valence-electron chi connectivity index (χ4n) is 3.58. The molecule has 1 aliphatic rings. The molecule has 0 saturated carbocycles. The van der Waals surface area contributed by atoms with E-state index in [1.807, 2.05) is 27.8 Å². The van der Waals surface area contributed by atoms with E-state index in [0.717, 1.165) is 29.9 Å². The van der Waals surface area contributed by atoms with Crippen molar-refractivity contribution in [3.8, 4) is 0 Å². The summed E-state index contributed by atoms with van der Waals surface area (Å²) in [6, 6.07) is 20.5. The zero-order chi connectivity index (χ0) is 18.8. The van der Waals surface area contributed by atoms with Crippen LogP contribution >= 0.6 is 0 Å². The van der Waals surface area contributed by atoms with Crippen molar-refractivity contribution in [1.29, 1.82) is 0 Å². The van der Waals surface area contributed by atoms with Crippen LogP contribution in [0.15, 0.2) is 60.7 Å². The molecule has 0 saturated heterocycles. The number of hydrogen-bond acceptors (Lipinski definition) is 2. The highest BCUT2D eigenvalue weighted by Gasteiger charge is 2.23. The molecule has 2 heterocycles. The Balaban J connectivity index is 1.47. The third-order valence-corrected chi connectivity index (χ3v) is 5.19. The molecule has 0 unspecified atom stereocenters. The molecule has 3 aromatic rings. The summed E-state index contributed by atoms with van der Waals surface area (Å²) in [4.78, 5) is 14.8. The molecule has 0 radical (unpaired) electrons. The summed E-state index contributed by atoms with van der Waals surface area (Å²) in [5.41, 5.74) is 5.45. The van der Waals surface area contributed by atoms with Gasteiger partial charge in [-0.15, -0.1) is 0 Å². The highest BCUT2D eigenvalue weighted by molar-refractivity contribution is 5.94. The Morgan fingerprint density at radius 3 is 2.48 bits per heavy atom. The van der Waals surface area contributed by atoms with E-state index in [2.05, 4.69) is 56.3 Å². The monoisotopic (exact) mass is 359 g/mol. The fourth-order valence-corrected chi connectivity index (χ4v) is 3.58. The number of hydrogen-bond donors (Lipinski definition) is 0. The largest absolute Gasteiger partial charge is 0.331 e. The van der Waals surface area contributed by atoms with Gasteiger partial charge in [-0.05, 0) is 35.2 Å². The first-order valence-electron chi connectivity index (χ1n) is 9.59. The highest BCUT2D eigenvalue weighted by Crippen LogP contribution is 2.20. The normalized spacial score (nSPS) is 13.7. The molecule has 138 valence electrons. The third-order valence-electron chi connectivity index (χ3n) is 5.19. The van der Waals surface area contributed by atoms with Crippen LogP contribution in [-0.2, 0) is 19.5 Å². The van der Waals surface area contributed by atoms with Crippen molar-refractivity contribution in [2.75, 3.05) is 6.54 Å². The minimum absolute atomic E-state index is 0.0994. The minimum Gasteiger partial charge on any atom is -0.331 e. The predicted octanol–water partition coefficient (Wildman–Crippen LogP) is 4.25. The van der Waals surface area contributed by atoms with Gasteiger partial charge >= 0.3 is 0 Å². The second-order valence-corrected chi connectivity index (χ2v) is 7.52. The lowest BCUT2D eigenvalue weighted by atomic mass is 10.0. The van der Waals surface area contributed by atoms with Crippen LogP contribution in [0.1, 0.15) is 52.6 Å². The van der Waals surface area contributed by atoms with Gasteiger partial charge in [0.15, 0.2) is 0 Å². The fraction of sp³-hybridized carbons (Fsp3) is 0.304. The number of aromatic nitrogens is 2. The quantitative estimate of drug-likeness (QED) is 0.698. The number of rotatable bonds is 4. The maximum absolute atomic E-state index is 12.9. The van der Waals surface area contributed by atoms with Crippen molar-refractivity contribution in [2.45, 2.75) is 39.3 Å². The minimum atomic E-state index is 0.0994. The number of fused-ring (bicyclic) bond motifs is 1. The van der Waals surface area contributed by atoms with Gasteiger partial charge < -0.3 is 4.90 Å². The molecule has 0 aliphatic carbocycles. The first-order chi connectivity index (χ1) is 13.1. The Morgan fingerprint density at radius 1 is 1.04 bits per heavy atom. The lowest BCUT2D eigenvalue weighted by molar-refractivity contribution is 0.0706. The van der Waals surface area contributed by atoms with Crippen molar-refractivity contribution >= 4 is 5.91 Å². The van der Waals surface area contributed by atoms with Crippen LogP contribution < -0.4 is 0 Å². The Hall–Kier alpha value is -2.88. The highest BCUT2D eigenvalue weighted by atomic mass is 16.2. The summed E-state index contributed by atoms with van der Waals surface area (Å²) in [5.74, 6) is 0.573. The van der Waals surface area contributed by atoms with Crippen LogP contribution in [0.3, 0.4) is 0 Å². The number of amides is 1. The number of carbonyl (C=O) groups excluding carboxylic acids is 1. The van der Waals surface area contributed by atoms with E-state index in [1.165, 1.54) is 11.1 Å². The second kappa shape index (κ2) is 7.39. The molecular formula is C23H25N3O. The molecule has 1 amide bonds. The predicted molar refractivity (Wildman–Crippen MR) is 107 cm³/mol. The summed E-state index contributed by atoms with van der Waals surface area (Å²) in [6.45, 7) is 6.39. The molecular weight excluding hydrogens is 334 g/mol. The van der Waals surface area contributed by atoms with Crippen molar-refractivity contribution in [2.24, 2.45) is 0 Å². The Bertz CT molecular complexity index is 926. The smallest absolute Gasteiger partial charge is 0.254 e. The van der Waals surface area contributed by atoms with E-state index in [0.29, 0.717) is 19.0 Å². The van der Waals surface area contributed by atoms with Gasteiger partial charge in [0.05, 0.1) is 24.5 Å². The number of benzene rings is 2. The Morgan fingerprint density at radius 2 is 1.78 bits per heavy atom. The summed E-state index contributed by atoms with van der Waals surface area (Å²) in [6.07, 6.45) is 0.825. The molecule has 0 bridgehead atoms. The molecule has 0 spiro atoms. The lowest BCUT2D eigenvalue weighted by Crippen LogP contribution is -2.38. The molecule has 4 nitrogen and oxygen atoms in total. The van der Waals surface area contributed by atoms with Crippen LogP contribution in [0, 0.1) is 0 Å². The van der Waals surface area contributed by atoms with Gasteiger partial charge in [-0.2, -0.15) is 5.10 Å². The van der Waals surface area contributed by atoms with E-state index in [1.54, 1.807) is 0 Å². The second-order valence-electron chi connectivity index (χ2n) is 7.52. The Labute approximate surface area is 160 Å². The number of nitrogens with zero attached hydrogens (tertiary/aromatic N) is 3. The maximum atomic E-state index is 12.9. The Kier molecular flexibility index (Phi) is 4.80. The summed E-state index contributed by atoms with van der Waals surface area (Å²) in [7, 11) is 0. The molecule has 4 rings (SSSR count). The molecule has 27 heavy (non-hydrogen) atoms. The summed E-state index contributed by atoms with van der Waals surface area (Å²) >= 11 is 0. The average molecular weight is 359 g/mol. The van der Waals surface area contributed by atoms with Gasteiger partial charge in [0, 0.05) is 18.5 Å². The van der Waals surface area contributed by atoms with Gasteiger partial charge in [-0.3, -0.25) is 9.48 Å². The summed E-state index contributed by atoms with van der Waals surface area (Å²) < 4.78 is 2.05. The molecule has 0 N–H and O–H groups in total. The zero-order valence-corrected chi connectivity index (χ0v) is 15.9. The van der Waals surface area contributed by atoms with E-state index in [-0.39, 0.29) is 5.91 Å². The van der Waals surface area contributed by atoms with Gasteiger partial charge in [0.2, 0.25) is 0 Å². The molecule has 2 aromatic carbocycles. The molecule has 1 aromatic heterocycles. The van der Waals surface area contributed by atoms with Crippen LogP contribution in [0.4, 0.5) is 0 Å². The average Bonchev–Trinajstić information content (AvgIpc) is 3.09. The molecule has 4 heteroatoms. The van der Waals surface area contributed by atoms with Gasteiger partial charge in [-0.25, -0.2) is 0 Å².